The largest absolute Gasteiger partial charge is 0.439 e. The monoisotopic (exact) mass is 420 g/mol. The van der Waals surface area contributed by atoms with E-state index in [-0.39, 0.29) is 36.6 Å². The molecule has 156 valence electrons. The van der Waals surface area contributed by atoms with E-state index in [9.17, 15) is 18.0 Å². The van der Waals surface area contributed by atoms with E-state index in [4.69, 9.17) is 15.6 Å². The fraction of sp³-hybridized carbons (Fsp3) is 0.167. The van der Waals surface area contributed by atoms with Crippen molar-refractivity contribution in [1.29, 1.82) is 0 Å². The molecule has 0 unspecified atom stereocenters. The summed E-state index contributed by atoms with van der Waals surface area (Å²) in [4.78, 5) is 27.1. The lowest BCUT2D eigenvalue weighted by atomic mass is 10.2. The zero-order chi connectivity index (χ0) is 21.7. The molecule has 4 N–H and O–H groups in total. The molecule has 12 heteroatoms. The lowest BCUT2D eigenvalue weighted by Gasteiger charge is -2.09. The standard InChI is InChI=1S/C18H15F3N6O3/c19-18(20,21)11-3-6-13(24-9-11)30-12-4-1-10(2-5-12)15-25-16(14(22)29)27-17(26-15)23-7-8-28/h1-6,9,28H,7-8H2,(H2,22,29)(H,23,25,26,27). The van der Waals surface area contributed by atoms with E-state index in [0.29, 0.717) is 17.5 Å². The van der Waals surface area contributed by atoms with Gasteiger partial charge >= 0.3 is 6.18 Å². The number of nitrogens with zero attached hydrogens (tertiary/aromatic N) is 4. The number of rotatable bonds is 7. The first-order chi connectivity index (χ1) is 14.3. The molecule has 2 aromatic heterocycles. The molecule has 0 aliphatic carbocycles. The summed E-state index contributed by atoms with van der Waals surface area (Å²) >= 11 is 0. The van der Waals surface area contributed by atoms with Gasteiger partial charge in [-0.3, -0.25) is 4.79 Å². The predicted molar refractivity (Wildman–Crippen MR) is 98.7 cm³/mol. The summed E-state index contributed by atoms with van der Waals surface area (Å²) in [6.45, 7) is -0.00843. The van der Waals surface area contributed by atoms with Crippen molar-refractivity contribution in [3.63, 3.8) is 0 Å². The van der Waals surface area contributed by atoms with E-state index >= 15 is 0 Å². The van der Waals surface area contributed by atoms with Crippen LogP contribution in [-0.2, 0) is 6.18 Å². The molecule has 0 bridgehead atoms. The number of primary amides is 1. The van der Waals surface area contributed by atoms with Crippen LogP contribution in [0.5, 0.6) is 11.6 Å². The number of carbonyl (C=O) groups excluding carboxylic acids is 1. The molecule has 3 aromatic rings. The number of hydrogen-bond acceptors (Lipinski definition) is 8. The highest BCUT2D eigenvalue weighted by atomic mass is 19.4. The number of pyridine rings is 1. The minimum Gasteiger partial charge on any atom is -0.439 e. The number of aliphatic hydroxyl groups is 1. The molecule has 0 radical (unpaired) electrons. The van der Waals surface area contributed by atoms with Crippen LogP contribution in [0.25, 0.3) is 11.4 Å². The molecule has 0 saturated heterocycles. The number of benzene rings is 1. The van der Waals surface area contributed by atoms with Crippen molar-refractivity contribution >= 4 is 11.9 Å². The highest BCUT2D eigenvalue weighted by Gasteiger charge is 2.30. The number of aromatic nitrogens is 4. The van der Waals surface area contributed by atoms with Crippen molar-refractivity contribution in [3.05, 3.63) is 54.0 Å². The number of carbonyl (C=O) groups is 1. The van der Waals surface area contributed by atoms with E-state index in [1.165, 1.54) is 12.1 Å². The molecular formula is C18H15F3N6O3. The van der Waals surface area contributed by atoms with Gasteiger partial charge in [0.15, 0.2) is 5.82 Å². The first-order valence-corrected chi connectivity index (χ1v) is 8.48. The summed E-state index contributed by atoms with van der Waals surface area (Å²) in [5.74, 6) is -0.583. The normalized spacial score (nSPS) is 11.2. The Morgan fingerprint density at radius 2 is 1.83 bits per heavy atom. The molecule has 0 aliphatic heterocycles. The molecule has 30 heavy (non-hydrogen) atoms. The number of anilines is 1. The summed E-state index contributed by atoms with van der Waals surface area (Å²) in [7, 11) is 0. The Morgan fingerprint density at radius 3 is 2.40 bits per heavy atom. The first-order valence-electron chi connectivity index (χ1n) is 8.48. The summed E-state index contributed by atoms with van der Waals surface area (Å²) in [5.41, 5.74) is 4.86. The lowest BCUT2D eigenvalue weighted by molar-refractivity contribution is -0.137. The number of halogens is 3. The minimum atomic E-state index is -4.48. The molecule has 9 nitrogen and oxygen atoms in total. The Kier molecular flexibility index (Phi) is 6.06. The van der Waals surface area contributed by atoms with Gasteiger partial charge in [-0.15, -0.1) is 0 Å². The van der Waals surface area contributed by atoms with Crippen LogP contribution in [0.2, 0.25) is 0 Å². The number of aliphatic hydroxyl groups excluding tert-OH is 1. The number of hydrogen-bond donors (Lipinski definition) is 3. The smallest absolute Gasteiger partial charge is 0.417 e. The van der Waals surface area contributed by atoms with Crippen LogP contribution >= 0.6 is 0 Å². The third-order valence-corrected chi connectivity index (χ3v) is 3.65. The summed E-state index contributed by atoms with van der Waals surface area (Å²) in [6, 6.07) is 8.20. The minimum absolute atomic E-state index is 0.0117. The molecule has 0 saturated carbocycles. The van der Waals surface area contributed by atoms with Crippen LogP contribution in [0, 0.1) is 0 Å². The van der Waals surface area contributed by atoms with E-state index in [1.807, 2.05) is 0 Å². The van der Waals surface area contributed by atoms with Crippen molar-refractivity contribution in [2.75, 3.05) is 18.5 Å². The van der Waals surface area contributed by atoms with Gasteiger partial charge in [-0.1, -0.05) is 0 Å². The van der Waals surface area contributed by atoms with Crippen LogP contribution in [-0.4, -0.2) is 44.1 Å². The zero-order valence-corrected chi connectivity index (χ0v) is 15.2. The van der Waals surface area contributed by atoms with Crippen molar-refractivity contribution in [2.24, 2.45) is 5.73 Å². The van der Waals surface area contributed by atoms with Gasteiger partial charge in [0.05, 0.1) is 12.2 Å². The van der Waals surface area contributed by atoms with Crippen LogP contribution in [0.1, 0.15) is 16.2 Å². The molecule has 3 rings (SSSR count). The van der Waals surface area contributed by atoms with Crippen molar-refractivity contribution < 1.29 is 27.8 Å². The fourth-order valence-corrected chi connectivity index (χ4v) is 2.26. The second-order valence-electron chi connectivity index (χ2n) is 5.83. The third-order valence-electron chi connectivity index (χ3n) is 3.65. The molecule has 0 atom stereocenters. The third kappa shape index (κ3) is 5.17. The lowest BCUT2D eigenvalue weighted by Crippen LogP contribution is -2.19. The summed E-state index contributed by atoms with van der Waals surface area (Å²) in [5, 5.41) is 11.6. The van der Waals surface area contributed by atoms with Gasteiger partial charge in [0, 0.05) is 24.4 Å². The van der Waals surface area contributed by atoms with Gasteiger partial charge in [0.2, 0.25) is 17.7 Å². The maximum Gasteiger partial charge on any atom is 0.417 e. The molecular weight excluding hydrogens is 405 g/mol. The van der Waals surface area contributed by atoms with Gasteiger partial charge in [0.1, 0.15) is 5.75 Å². The van der Waals surface area contributed by atoms with Gasteiger partial charge in [-0.2, -0.15) is 23.1 Å². The molecule has 2 heterocycles. The molecule has 1 aromatic carbocycles. The second kappa shape index (κ2) is 8.69. The maximum atomic E-state index is 12.6. The van der Waals surface area contributed by atoms with E-state index in [2.05, 4.69) is 25.3 Å². The Labute approximate surface area is 167 Å². The summed E-state index contributed by atoms with van der Waals surface area (Å²) in [6.07, 6.45) is -3.80. The SMILES string of the molecule is NC(=O)c1nc(NCCO)nc(-c2ccc(Oc3ccc(C(F)(F)F)cn3)cc2)n1. The predicted octanol–water partition coefficient (Wildman–Crippen LogP) is 2.25. The van der Waals surface area contributed by atoms with E-state index in [0.717, 1.165) is 12.1 Å². The van der Waals surface area contributed by atoms with Gasteiger partial charge in [-0.25, -0.2) is 9.97 Å². The van der Waals surface area contributed by atoms with Crippen LogP contribution in [0.15, 0.2) is 42.6 Å². The van der Waals surface area contributed by atoms with E-state index < -0.39 is 17.6 Å². The average Bonchev–Trinajstić information content (AvgIpc) is 2.72. The fourth-order valence-electron chi connectivity index (χ4n) is 2.26. The quantitative estimate of drug-likeness (QED) is 0.529. The van der Waals surface area contributed by atoms with Gasteiger partial charge in [0.25, 0.3) is 5.91 Å². The molecule has 0 aliphatic rings. The summed E-state index contributed by atoms with van der Waals surface area (Å²) < 4.78 is 43.2. The molecule has 0 spiro atoms. The number of ether oxygens (including phenoxy) is 1. The second-order valence-corrected chi connectivity index (χ2v) is 5.83. The van der Waals surface area contributed by atoms with Crippen molar-refractivity contribution in [3.8, 4) is 23.0 Å². The number of nitrogens with one attached hydrogen (secondary N) is 1. The molecule has 0 fully saturated rings. The van der Waals surface area contributed by atoms with Crippen LogP contribution in [0.3, 0.4) is 0 Å². The number of nitrogens with two attached hydrogens (primary N) is 1. The number of amides is 1. The Hall–Kier alpha value is -3.80. The highest BCUT2D eigenvalue weighted by Crippen LogP contribution is 2.30. The zero-order valence-electron chi connectivity index (χ0n) is 15.2. The Balaban J connectivity index is 1.79. The Bertz CT molecular complexity index is 1030. The van der Waals surface area contributed by atoms with Gasteiger partial charge in [-0.05, 0) is 30.3 Å². The van der Waals surface area contributed by atoms with Crippen LogP contribution < -0.4 is 15.8 Å². The van der Waals surface area contributed by atoms with Gasteiger partial charge < -0.3 is 20.9 Å². The van der Waals surface area contributed by atoms with E-state index in [1.54, 1.807) is 12.1 Å². The van der Waals surface area contributed by atoms with Crippen molar-refractivity contribution in [2.45, 2.75) is 6.18 Å². The van der Waals surface area contributed by atoms with Crippen LogP contribution in [0.4, 0.5) is 19.1 Å². The van der Waals surface area contributed by atoms with Crippen molar-refractivity contribution in [1.82, 2.24) is 19.9 Å². The number of alkyl halides is 3. The first kappa shape index (κ1) is 20.9. The average molecular weight is 420 g/mol. The molecule has 1 amide bonds. The topological polar surface area (TPSA) is 136 Å². The maximum absolute atomic E-state index is 12.6. The highest BCUT2D eigenvalue weighted by molar-refractivity contribution is 5.89. The Morgan fingerprint density at radius 1 is 1.10 bits per heavy atom.